The predicted octanol–water partition coefficient (Wildman–Crippen LogP) is 0.818. The van der Waals surface area contributed by atoms with Gasteiger partial charge in [0, 0.05) is 58.4 Å². The van der Waals surface area contributed by atoms with Gasteiger partial charge in [0.15, 0.2) is 0 Å². The zero-order valence-electron chi connectivity index (χ0n) is 19.2. The number of carbonyl (C=O) groups is 1. The third-order valence-electron chi connectivity index (χ3n) is 4.84. The van der Waals surface area contributed by atoms with Gasteiger partial charge in [-0.25, -0.2) is 18.5 Å². The van der Waals surface area contributed by atoms with E-state index >= 15 is 0 Å². The van der Waals surface area contributed by atoms with Gasteiger partial charge in [0.25, 0.3) is 15.6 Å². The third kappa shape index (κ3) is 6.14. The Labute approximate surface area is 259 Å². The Kier molecular flexibility index (Phi) is 11.2. The smallest absolute Gasteiger partial charge is 0.333 e. The van der Waals surface area contributed by atoms with Crippen molar-refractivity contribution in [2.24, 2.45) is 5.73 Å². The zero-order chi connectivity index (χ0) is 24.8. The fraction of sp³-hybridized carbons (Fsp3) is 0.0500. The summed E-state index contributed by atoms with van der Waals surface area (Å²) < 4.78 is 41.1. The Balaban J connectivity index is 0.00000228. The number of nitrogens with two attached hydrogens (primary N) is 1. The SMILES string of the molecule is CNc1cc2[nH]c(=O)n(-c3ccc(N(C(N)=O)S(=O)(=O)c4ccc(Cl)s4)cc3)c(=O)c2cc1F.O.O.[K]. The maximum Gasteiger partial charge on any atom is 0.333 e. The largest absolute Gasteiger partial charge is 0.412 e. The van der Waals surface area contributed by atoms with Crippen LogP contribution in [-0.4, -0.2) is 93.4 Å². The number of amides is 2. The number of nitrogens with zero attached hydrogens (tertiary/aromatic N) is 2. The number of fused-ring (bicyclic) bond motifs is 1. The van der Waals surface area contributed by atoms with Crippen LogP contribution in [-0.2, 0) is 10.0 Å². The summed E-state index contributed by atoms with van der Waals surface area (Å²) in [5, 5.41) is 2.55. The second-order valence-electron chi connectivity index (χ2n) is 6.88. The van der Waals surface area contributed by atoms with Gasteiger partial charge in [-0.05, 0) is 48.5 Å². The van der Waals surface area contributed by atoms with Crippen molar-refractivity contribution in [2.75, 3.05) is 16.7 Å². The number of carbonyl (C=O) groups excluding carboxylic acids is 1. The summed E-state index contributed by atoms with van der Waals surface area (Å²) in [5.74, 6) is -0.683. The van der Waals surface area contributed by atoms with Crippen LogP contribution in [0.3, 0.4) is 0 Å². The van der Waals surface area contributed by atoms with Crippen LogP contribution in [0.5, 0.6) is 0 Å². The molecular weight excluding hydrogens is 580 g/mol. The van der Waals surface area contributed by atoms with Gasteiger partial charge in [-0.3, -0.25) is 4.79 Å². The standard InChI is InChI=1S/C20H15ClFN5O5S2.K.2H2O/c1-24-15-9-14-12(8-13(15)22)18(28)26(20(30)25-14)10-2-4-11(5-3-10)27(19(23)29)34(31,32)17-7-6-16(21)33-17;;;/h2-9,24H,1H3,(H2,23,29)(H,25,30);;2*1H2. The molecule has 8 N–H and O–H groups in total. The van der Waals surface area contributed by atoms with Crippen LogP contribution in [0.2, 0.25) is 4.34 Å². The van der Waals surface area contributed by atoms with Crippen molar-refractivity contribution in [1.82, 2.24) is 9.55 Å². The van der Waals surface area contributed by atoms with Crippen molar-refractivity contribution in [3.63, 3.8) is 0 Å². The molecule has 2 aromatic carbocycles. The number of primary amides is 1. The molecule has 12 nitrogen and oxygen atoms in total. The van der Waals surface area contributed by atoms with Crippen LogP contribution in [0.25, 0.3) is 16.6 Å². The fourth-order valence-electron chi connectivity index (χ4n) is 3.31. The molecule has 0 saturated carbocycles. The van der Waals surface area contributed by atoms with E-state index in [-0.39, 0.29) is 98.8 Å². The van der Waals surface area contributed by atoms with E-state index in [0.29, 0.717) is 4.31 Å². The zero-order valence-corrected chi connectivity index (χ0v) is 24.7. The number of anilines is 2. The number of nitrogens with one attached hydrogen (secondary N) is 2. The summed E-state index contributed by atoms with van der Waals surface area (Å²) in [7, 11) is -2.86. The molecule has 2 amide bonds. The van der Waals surface area contributed by atoms with Gasteiger partial charge >= 0.3 is 11.7 Å². The molecular formula is C20H19ClFKN5O7S2. The first kappa shape index (κ1) is 32.9. The topological polar surface area (TPSA) is 210 Å². The molecule has 0 bridgehead atoms. The van der Waals surface area contributed by atoms with E-state index in [1.54, 1.807) is 0 Å². The number of thiophene rings is 1. The summed E-state index contributed by atoms with van der Waals surface area (Å²) in [6, 6.07) is 8.54. The van der Waals surface area contributed by atoms with Gasteiger partial charge in [0.2, 0.25) is 0 Å². The molecule has 2 aromatic heterocycles. The number of hydrogen-bond acceptors (Lipinski definition) is 7. The van der Waals surface area contributed by atoms with Gasteiger partial charge < -0.3 is 27.0 Å². The molecule has 0 aliphatic rings. The van der Waals surface area contributed by atoms with Crippen LogP contribution in [0.4, 0.5) is 20.6 Å². The molecule has 0 saturated heterocycles. The number of H-pyrrole nitrogens is 1. The van der Waals surface area contributed by atoms with E-state index in [2.05, 4.69) is 10.3 Å². The Hall–Kier alpha value is -2.12. The number of aromatic amines is 1. The first-order valence-electron chi connectivity index (χ1n) is 9.41. The summed E-state index contributed by atoms with van der Waals surface area (Å²) in [6.45, 7) is 0. The average molecular weight is 599 g/mol. The molecule has 0 spiro atoms. The molecule has 4 rings (SSSR count). The number of sulfonamides is 1. The fourth-order valence-corrected chi connectivity index (χ4v) is 6.20. The molecule has 1 radical (unpaired) electrons. The van der Waals surface area contributed by atoms with E-state index in [9.17, 15) is 27.2 Å². The normalized spacial score (nSPS) is 10.6. The second kappa shape index (κ2) is 12.6. The first-order chi connectivity index (χ1) is 16.0. The van der Waals surface area contributed by atoms with Gasteiger partial charge in [-0.1, -0.05) is 11.6 Å². The average Bonchev–Trinajstić information content (AvgIpc) is 3.22. The number of benzene rings is 2. The van der Waals surface area contributed by atoms with E-state index < -0.39 is 33.1 Å². The Morgan fingerprint density at radius 2 is 1.76 bits per heavy atom. The minimum Gasteiger partial charge on any atom is -0.412 e. The number of hydrogen-bond donors (Lipinski definition) is 3. The molecule has 0 unspecified atom stereocenters. The van der Waals surface area contributed by atoms with E-state index in [0.717, 1.165) is 22.0 Å². The van der Waals surface area contributed by atoms with E-state index in [1.165, 1.54) is 49.5 Å². The molecule has 193 valence electrons. The third-order valence-corrected chi connectivity index (χ3v) is 8.26. The molecule has 37 heavy (non-hydrogen) atoms. The van der Waals surface area contributed by atoms with Gasteiger partial charge in [-0.15, -0.1) is 11.3 Å². The molecule has 0 atom stereocenters. The van der Waals surface area contributed by atoms with Crippen molar-refractivity contribution < 1.29 is 28.6 Å². The first-order valence-corrected chi connectivity index (χ1v) is 12.0. The van der Waals surface area contributed by atoms with Crippen LogP contribution in [0, 0.1) is 5.82 Å². The number of rotatable bonds is 5. The Bertz CT molecular complexity index is 1670. The second-order valence-corrected chi connectivity index (χ2v) is 10.6. The van der Waals surface area contributed by atoms with Crippen molar-refractivity contribution >= 4 is 113 Å². The quantitative estimate of drug-likeness (QED) is 0.283. The molecule has 17 heteroatoms. The van der Waals surface area contributed by atoms with Crippen LogP contribution >= 0.6 is 22.9 Å². The number of halogens is 2. The Morgan fingerprint density at radius 1 is 1.14 bits per heavy atom. The van der Waals surface area contributed by atoms with Crippen molar-refractivity contribution in [3.8, 4) is 5.69 Å². The molecule has 0 aliphatic carbocycles. The van der Waals surface area contributed by atoms with Gasteiger partial charge in [-0.2, -0.15) is 12.7 Å². The summed E-state index contributed by atoms with van der Waals surface area (Å²) >= 11 is 6.56. The summed E-state index contributed by atoms with van der Waals surface area (Å²) in [4.78, 5) is 40.1. The van der Waals surface area contributed by atoms with Crippen LogP contribution < -0.4 is 26.6 Å². The van der Waals surface area contributed by atoms with Crippen LogP contribution in [0.1, 0.15) is 0 Å². The minimum absolute atomic E-state index is 0. The maximum absolute atomic E-state index is 14.2. The van der Waals surface area contributed by atoms with Gasteiger partial charge in [0.1, 0.15) is 10.0 Å². The Morgan fingerprint density at radius 3 is 2.27 bits per heavy atom. The number of urea groups is 1. The molecule has 0 fully saturated rings. The maximum atomic E-state index is 14.2. The summed E-state index contributed by atoms with van der Waals surface area (Å²) in [6.07, 6.45) is 0. The van der Waals surface area contributed by atoms with Crippen molar-refractivity contribution in [1.29, 1.82) is 0 Å². The van der Waals surface area contributed by atoms with Crippen molar-refractivity contribution in [2.45, 2.75) is 4.21 Å². The molecule has 4 aromatic rings. The van der Waals surface area contributed by atoms with E-state index in [1.807, 2.05) is 0 Å². The van der Waals surface area contributed by atoms with Gasteiger partial charge in [0.05, 0.1) is 32.3 Å². The molecule has 2 heterocycles. The van der Waals surface area contributed by atoms with E-state index in [4.69, 9.17) is 17.3 Å². The molecule has 0 aliphatic heterocycles. The van der Waals surface area contributed by atoms with Crippen molar-refractivity contribution in [3.05, 3.63) is 79.5 Å². The van der Waals surface area contributed by atoms with Crippen LogP contribution in [0.15, 0.2) is 62.3 Å². The monoisotopic (exact) mass is 598 g/mol. The number of aromatic nitrogens is 2. The predicted molar refractivity (Wildman–Crippen MR) is 141 cm³/mol. The summed E-state index contributed by atoms with van der Waals surface area (Å²) in [5.41, 5.74) is 3.89. The minimum atomic E-state index is -4.36.